The molecule has 0 bridgehead atoms. The highest BCUT2D eigenvalue weighted by Crippen LogP contribution is 2.29. The van der Waals surface area contributed by atoms with Gasteiger partial charge in [0, 0.05) is 22.5 Å². The van der Waals surface area contributed by atoms with Crippen LogP contribution < -0.4 is 5.73 Å². The summed E-state index contributed by atoms with van der Waals surface area (Å²) in [6.07, 6.45) is -2.92. The summed E-state index contributed by atoms with van der Waals surface area (Å²) in [5, 5.41) is 9.37. The molecule has 0 unspecified atom stereocenters. The maximum absolute atomic E-state index is 12.0. The van der Waals surface area contributed by atoms with Crippen molar-refractivity contribution in [2.45, 2.75) is 18.9 Å². The first kappa shape index (κ1) is 11.4. The molecule has 2 nitrogen and oxygen atoms in total. The molecule has 14 heavy (non-hydrogen) atoms. The molecule has 3 N–H and O–H groups in total. The van der Waals surface area contributed by atoms with Crippen LogP contribution >= 0.6 is 15.9 Å². The second-order valence-corrected chi connectivity index (χ2v) is 3.85. The maximum atomic E-state index is 12.0. The zero-order valence-corrected chi connectivity index (χ0v) is 8.84. The van der Waals surface area contributed by atoms with Crippen LogP contribution in [0.15, 0.2) is 22.7 Å². The number of aromatic hydroxyl groups is 1. The van der Waals surface area contributed by atoms with E-state index in [1.54, 1.807) is 12.1 Å². The van der Waals surface area contributed by atoms with E-state index in [9.17, 15) is 13.9 Å². The Hall–Kier alpha value is -0.680. The van der Waals surface area contributed by atoms with Crippen molar-refractivity contribution in [2.24, 2.45) is 5.73 Å². The van der Waals surface area contributed by atoms with Gasteiger partial charge in [0.2, 0.25) is 6.43 Å². The Kier molecular flexibility index (Phi) is 3.83. The van der Waals surface area contributed by atoms with Gasteiger partial charge in [-0.15, -0.1) is 0 Å². The smallest absolute Gasteiger partial charge is 0.240 e. The molecule has 0 spiro atoms. The van der Waals surface area contributed by atoms with Crippen molar-refractivity contribution in [2.75, 3.05) is 0 Å². The van der Waals surface area contributed by atoms with Crippen molar-refractivity contribution < 1.29 is 13.9 Å². The van der Waals surface area contributed by atoms with E-state index in [1.165, 1.54) is 6.07 Å². The lowest BCUT2D eigenvalue weighted by Gasteiger charge is -2.13. The third-order valence-electron chi connectivity index (χ3n) is 1.82. The summed E-state index contributed by atoms with van der Waals surface area (Å²) in [7, 11) is 0. The van der Waals surface area contributed by atoms with Crippen LogP contribution in [0.4, 0.5) is 8.78 Å². The van der Waals surface area contributed by atoms with Gasteiger partial charge in [0.1, 0.15) is 5.75 Å². The molecule has 0 radical (unpaired) electrons. The number of alkyl halides is 2. The third kappa shape index (κ3) is 2.92. The Balaban J connectivity index is 2.88. The number of hydrogen-bond donors (Lipinski definition) is 2. The molecule has 0 saturated heterocycles. The second-order valence-electron chi connectivity index (χ2n) is 2.94. The normalized spacial score (nSPS) is 13.2. The van der Waals surface area contributed by atoms with E-state index in [-0.39, 0.29) is 5.75 Å². The maximum Gasteiger partial charge on any atom is 0.240 e. The fourth-order valence-electron chi connectivity index (χ4n) is 1.14. The average molecular weight is 266 g/mol. The van der Waals surface area contributed by atoms with E-state index in [0.717, 1.165) is 0 Å². The van der Waals surface area contributed by atoms with Gasteiger partial charge < -0.3 is 10.8 Å². The van der Waals surface area contributed by atoms with E-state index in [2.05, 4.69) is 15.9 Å². The predicted molar refractivity (Wildman–Crippen MR) is 53.4 cm³/mol. The molecule has 0 saturated carbocycles. The molecule has 1 aromatic carbocycles. The molecule has 1 atom stereocenters. The van der Waals surface area contributed by atoms with Crippen molar-refractivity contribution in [3.63, 3.8) is 0 Å². The number of nitrogens with two attached hydrogens (primary N) is 1. The van der Waals surface area contributed by atoms with Crippen LogP contribution in [0.25, 0.3) is 0 Å². The van der Waals surface area contributed by atoms with Crippen molar-refractivity contribution in [1.29, 1.82) is 0 Å². The summed E-state index contributed by atoms with van der Waals surface area (Å²) < 4.78 is 24.8. The monoisotopic (exact) mass is 265 g/mol. The van der Waals surface area contributed by atoms with Gasteiger partial charge in [0.25, 0.3) is 0 Å². The minimum Gasteiger partial charge on any atom is -0.508 e. The van der Waals surface area contributed by atoms with Crippen LogP contribution in [-0.4, -0.2) is 11.5 Å². The number of benzene rings is 1. The van der Waals surface area contributed by atoms with Crippen LogP contribution in [0.2, 0.25) is 0 Å². The predicted octanol–water partition coefficient (Wildman–Crippen LogP) is 2.81. The Morgan fingerprint density at radius 3 is 2.64 bits per heavy atom. The van der Waals surface area contributed by atoms with Crippen LogP contribution in [0.1, 0.15) is 18.0 Å². The second kappa shape index (κ2) is 4.70. The van der Waals surface area contributed by atoms with E-state index in [0.29, 0.717) is 10.0 Å². The summed E-state index contributed by atoms with van der Waals surface area (Å²) in [6.45, 7) is 0. The molecule has 0 aromatic heterocycles. The van der Waals surface area contributed by atoms with E-state index in [4.69, 9.17) is 5.73 Å². The quantitative estimate of drug-likeness (QED) is 0.883. The highest BCUT2D eigenvalue weighted by Gasteiger charge is 2.16. The highest BCUT2D eigenvalue weighted by atomic mass is 79.9. The molecule has 78 valence electrons. The minimum atomic E-state index is -2.47. The standard InChI is InChI=1S/C9H10BrF2NO/c10-5-1-2-8(14)6(3-5)7(13)4-9(11)12/h1-3,7,9,14H,4,13H2/t7-/m0/s1. The van der Waals surface area contributed by atoms with E-state index >= 15 is 0 Å². The molecular weight excluding hydrogens is 256 g/mol. The van der Waals surface area contributed by atoms with Gasteiger partial charge in [0.15, 0.2) is 0 Å². The van der Waals surface area contributed by atoms with Crippen molar-refractivity contribution in [1.82, 2.24) is 0 Å². The molecule has 0 fully saturated rings. The minimum absolute atomic E-state index is 0.0543. The molecule has 0 aliphatic rings. The van der Waals surface area contributed by atoms with Gasteiger partial charge in [0.05, 0.1) is 0 Å². The van der Waals surface area contributed by atoms with Gasteiger partial charge in [-0.05, 0) is 18.2 Å². The lowest BCUT2D eigenvalue weighted by atomic mass is 10.0. The van der Waals surface area contributed by atoms with E-state index in [1.807, 2.05) is 0 Å². The first-order valence-electron chi connectivity index (χ1n) is 4.03. The van der Waals surface area contributed by atoms with Crippen LogP contribution in [0, 0.1) is 0 Å². The Morgan fingerprint density at radius 1 is 1.43 bits per heavy atom. The number of phenolic OH excluding ortho intramolecular Hbond substituents is 1. The Morgan fingerprint density at radius 2 is 2.07 bits per heavy atom. The van der Waals surface area contributed by atoms with Gasteiger partial charge in [-0.3, -0.25) is 0 Å². The topological polar surface area (TPSA) is 46.2 Å². The van der Waals surface area contributed by atoms with Crippen LogP contribution in [-0.2, 0) is 0 Å². The first-order valence-corrected chi connectivity index (χ1v) is 4.82. The number of halogens is 3. The van der Waals surface area contributed by atoms with Crippen molar-refractivity contribution >= 4 is 15.9 Å². The van der Waals surface area contributed by atoms with Gasteiger partial charge in [-0.25, -0.2) is 8.78 Å². The van der Waals surface area contributed by atoms with Crippen molar-refractivity contribution in [3.05, 3.63) is 28.2 Å². The van der Waals surface area contributed by atoms with Crippen molar-refractivity contribution in [3.8, 4) is 5.75 Å². The van der Waals surface area contributed by atoms with Crippen LogP contribution in [0.3, 0.4) is 0 Å². The summed E-state index contributed by atoms with van der Waals surface area (Å²) in [6, 6.07) is 3.74. The van der Waals surface area contributed by atoms with Gasteiger partial charge in [-0.2, -0.15) is 0 Å². The fraction of sp³-hybridized carbons (Fsp3) is 0.333. The Labute approximate surface area is 88.9 Å². The molecule has 1 rings (SSSR count). The molecule has 5 heteroatoms. The lowest BCUT2D eigenvalue weighted by Crippen LogP contribution is -2.14. The zero-order valence-electron chi connectivity index (χ0n) is 7.25. The number of rotatable bonds is 3. The summed E-state index contributed by atoms with van der Waals surface area (Å²) >= 11 is 3.18. The molecule has 0 aliphatic carbocycles. The molecular formula is C9H10BrF2NO. The molecule has 0 heterocycles. The molecule has 0 aliphatic heterocycles. The van der Waals surface area contributed by atoms with Gasteiger partial charge >= 0.3 is 0 Å². The lowest BCUT2D eigenvalue weighted by molar-refractivity contribution is 0.128. The first-order chi connectivity index (χ1) is 6.50. The summed E-state index contributed by atoms with van der Waals surface area (Å²) in [4.78, 5) is 0. The average Bonchev–Trinajstić information content (AvgIpc) is 2.08. The molecule has 1 aromatic rings. The summed E-state index contributed by atoms with van der Waals surface area (Å²) in [5.41, 5.74) is 5.84. The largest absolute Gasteiger partial charge is 0.508 e. The SMILES string of the molecule is N[C@@H](CC(F)F)c1cc(Br)ccc1O. The van der Waals surface area contributed by atoms with Gasteiger partial charge in [-0.1, -0.05) is 15.9 Å². The molecule has 0 amide bonds. The summed E-state index contributed by atoms with van der Waals surface area (Å²) in [5.74, 6) is -0.0543. The number of hydrogen-bond acceptors (Lipinski definition) is 2. The van der Waals surface area contributed by atoms with Crippen LogP contribution in [0.5, 0.6) is 5.75 Å². The third-order valence-corrected chi connectivity index (χ3v) is 2.31. The zero-order chi connectivity index (χ0) is 10.7. The number of phenols is 1. The Bertz CT molecular complexity index is 320. The van der Waals surface area contributed by atoms with E-state index < -0.39 is 18.9 Å². The fourth-order valence-corrected chi connectivity index (χ4v) is 1.52. The highest BCUT2D eigenvalue weighted by molar-refractivity contribution is 9.10.